The Morgan fingerprint density at radius 2 is 1.61 bits per heavy atom. The van der Waals surface area contributed by atoms with Crippen molar-refractivity contribution in [3.63, 3.8) is 0 Å². The molecule has 0 aliphatic carbocycles. The van der Waals surface area contributed by atoms with Gasteiger partial charge in [0.2, 0.25) is 0 Å². The van der Waals surface area contributed by atoms with Crippen LogP contribution in [-0.4, -0.2) is 19.7 Å². The average molecular weight is 456 g/mol. The highest BCUT2D eigenvalue weighted by molar-refractivity contribution is 5.66. The molecule has 0 bridgehead atoms. The summed E-state index contributed by atoms with van der Waals surface area (Å²) in [6.45, 7) is 0.160. The number of rotatable bonds is 4. The van der Waals surface area contributed by atoms with Gasteiger partial charge in [0, 0.05) is 24.0 Å². The largest absolute Gasteiger partial charge is 0.417 e. The molecule has 0 atom stereocenters. The maximum atomic E-state index is 14.1. The van der Waals surface area contributed by atoms with E-state index in [0.29, 0.717) is 17.1 Å². The van der Waals surface area contributed by atoms with Gasteiger partial charge in [-0.15, -0.1) is 0 Å². The first kappa shape index (κ1) is 20.8. The summed E-state index contributed by atoms with van der Waals surface area (Å²) >= 11 is 0. The SMILES string of the molecule is Fc1cccc(-c2nc3ccn(Cc4cc(-c5ccccc5C(F)(F)F)no4)cc-3n2)c1F. The second kappa shape index (κ2) is 7.80. The van der Waals surface area contributed by atoms with Gasteiger partial charge in [0.05, 0.1) is 23.4 Å². The Morgan fingerprint density at radius 3 is 2.42 bits per heavy atom. The first-order chi connectivity index (χ1) is 15.8. The Labute approximate surface area is 183 Å². The number of hydrogen-bond acceptors (Lipinski definition) is 4. The summed E-state index contributed by atoms with van der Waals surface area (Å²) in [5.41, 5.74) is 0.0327. The zero-order chi connectivity index (χ0) is 23.2. The zero-order valence-electron chi connectivity index (χ0n) is 16.6. The molecule has 0 saturated heterocycles. The van der Waals surface area contributed by atoms with E-state index in [1.54, 1.807) is 23.0 Å². The van der Waals surface area contributed by atoms with E-state index in [1.165, 1.54) is 36.4 Å². The van der Waals surface area contributed by atoms with E-state index in [9.17, 15) is 22.0 Å². The van der Waals surface area contributed by atoms with Crippen molar-refractivity contribution in [1.82, 2.24) is 19.7 Å². The molecule has 2 aromatic carbocycles. The van der Waals surface area contributed by atoms with Gasteiger partial charge in [0.1, 0.15) is 11.4 Å². The molecule has 0 radical (unpaired) electrons. The first-order valence-electron chi connectivity index (χ1n) is 9.70. The summed E-state index contributed by atoms with van der Waals surface area (Å²) in [4.78, 5) is 8.50. The van der Waals surface area contributed by atoms with Crippen molar-refractivity contribution in [2.45, 2.75) is 12.7 Å². The van der Waals surface area contributed by atoms with Crippen molar-refractivity contribution < 1.29 is 26.5 Å². The predicted molar refractivity (Wildman–Crippen MR) is 108 cm³/mol. The van der Waals surface area contributed by atoms with E-state index in [1.807, 2.05) is 0 Å². The lowest BCUT2D eigenvalue weighted by Gasteiger charge is -2.10. The number of halogens is 5. The van der Waals surface area contributed by atoms with Gasteiger partial charge in [0.25, 0.3) is 0 Å². The van der Waals surface area contributed by atoms with Gasteiger partial charge in [-0.1, -0.05) is 29.4 Å². The summed E-state index contributed by atoms with van der Waals surface area (Å²) < 4.78 is 74.4. The lowest BCUT2D eigenvalue weighted by molar-refractivity contribution is -0.137. The van der Waals surface area contributed by atoms with Crippen LogP contribution in [0.15, 0.2) is 71.5 Å². The third-order valence-corrected chi connectivity index (χ3v) is 5.03. The summed E-state index contributed by atoms with van der Waals surface area (Å²) in [5, 5.41) is 3.79. The Bertz CT molecular complexity index is 1420. The lowest BCUT2D eigenvalue weighted by atomic mass is 10.0. The van der Waals surface area contributed by atoms with E-state index < -0.39 is 23.4 Å². The number of alkyl halides is 3. The van der Waals surface area contributed by atoms with E-state index >= 15 is 0 Å². The number of imidazole rings is 1. The van der Waals surface area contributed by atoms with Crippen LogP contribution < -0.4 is 0 Å². The molecule has 0 N–H and O–H groups in total. The minimum absolute atomic E-state index is 0.0467. The quantitative estimate of drug-likeness (QED) is 0.309. The highest BCUT2D eigenvalue weighted by atomic mass is 19.4. The molecular weight excluding hydrogens is 443 g/mol. The molecule has 1 aromatic heterocycles. The number of hydrogen-bond donors (Lipinski definition) is 0. The standard InChI is InChI=1S/C23H13F5N4O/c24-17-7-3-5-15(21(17)25)22-29-18-8-9-32(12-20(18)30-22)11-13-10-19(31-33-13)14-4-1-2-6-16(14)23(26,27)28/h1-10,12H,11H2. The Kier molecular flexibility index (Phi) is 4.92. The third kappa shape index (κ3) is 3.95. The molecule has 166 valence electrons. The highest BCUT2D eigenvalue weighted by Gasteiger charge is 2.34. The van der Waals surface area contributed by atoms with Crippen molar-refractivity contribution in [3.05, 3.63) is 89.9 Å². The molecule has 0 unspecified atom stereocenters. The van der Waals surface area contributed by atoms with E-state index in [0.717, 1.165) is 12.1 Å². The minimum atomic E-state index is -4.52. The molecule has 0 amide bonds. The molecule has 3 aromatic rings. The van der Waals surface area contributed by atoms with Crippen LogP contribution in [0.5, 0.6) is 0 Å². The first-order valence-corrected chi connectivity index (χ1v) is 9.70. The number of pyridine rings is 1. The average Bonchev–Trinajstić information content (AvgIpc) is 3.42. The molecule has 2 aliphatic rings. The van der Waals surface area contributed by atoms with Gasteiger partial charge in [-0.2, -0.15) is 13.2 Å². The maximum absolute atomic E-state index is 14.1. The fourth-order valence-corrected chi connectivity index (χ4v) is 3.50. The van der Waals surface area contributed by atoms with Crippen molar-refractivity contribution >= 4 is 0 Å². The van der Waals surface area contributed by atoms with Gasteiger partial charge in [0.15, 0.2) is 23.2 Å². The second-order valence-electron chi connectivity index (χ2n) is 7.26. The predicted octanol–water partition coefficient (Wildman–Crippen LogP) is 6.05. The molecule has 5 rings (SSSR count). The third-order valence-electron chi connectivity index (χ3n) is 5.03. The van der Waals surface area contributed by atoms with Crippen LogP contribution in [0.2, 0.25) is 0 Å². The van der Waals surface area contributed by atoms with Gasteiger partial charge >= 0.3 is 6.18 Å². The number of benzene rings is 2. The molecule has 5 nitrogen and oxygen atoms in total. The lowest BCUT2D eigenvalue weighted by Crippen LogP contribution is -2.06. The Balaban J connectivity index is 1.43. The van der Waals surface area contributed by atoms with E-state index in [-0.39, 0.29) is 29.2 Å². The summed E-state index contributed by atoms with van der Waals surface area (Å²) in [6.07, 6.45) is -1.24. The second-order valence-corrected chi connectivity index (χ2v) is 7.26. The van der Waals surface area contributed by atoms with Crippen molar-refractivity contribution in [2.75, 3.05) is 0 Å². The summed E-state index contributed by atoms with van der Waals surface area (Å²) in [7, 11) is 0. The summed E-state index contributed by atoms with van der Waals surface area (Å²) in [5.74, 6) is -1.66. The molecule has 0 saturated carbocycles. The van der Waals surface area contributed by atoms with Gasteiger partial charge in [-0.3, -0.25) is 0 Å². The summed E-state index contributed by atoms with van der Waals surface area (Å²) in [6, 6.07) is 12.0. The minimum Gasteiger partial charge on any atom is -0.359 e. The fourth-order valence-electron chi connectivity index (χ4n) is 3.50. The zero-order valence-corrected chi connectivity index (χ0v) is 16.6. The van der Waals surface area contributed by atoms with E-state index in [2.05, 4.69) is 15.1 Å². The molecule has 33 heavy (non-hydrogen) atoms. The normalized spacial score (nSPS) is 11.9. The Morgan fingerprint density at radius 1 is 0.848 bits per heavy atom. The van der Waals surface area contributed by atoms with Crippen LogP contribution in [0, 0.1) is 11.6 Å². The molecule has 10 heteroatoms. The monoisotopic (exact) mass is 456 g/mol. The molecular formula is C23H13F5N4O. The number of aromatic nitrogens is 4. The van der Waals surface area contributed by atoms with E-state index in [4.69, 9.17) is 4.52 Å². The van der Waals surface area contributed by atoms with Crippen LogP contribution in [0.3, 0.4) is 0 Å². The molecule has 0 spiro atoms. The number of nitrogens with zero attached hydrogens (tertiary/aromatic N) is 4. The highest BCUT2D eigenvalue weighted by Crippen LogP contribution is 2.36. The Hall–Kier alpha value is -4.08. The van der Waals surface area contributed by atoms with Gasteiger partial charge in [-0.05, 0) is 24.3 Å². The topological polar surface area (TPSA) is 56.7 Å². The van der Waals surface area contributed by atoms with Crippen molar-refractivity contribution in [3.8, 4) is 34.0 Å². The smallest absolute Gasteiger partial charge is 0.359 e. The van der Waals surface area contributed by atoms with Gasteiger partial charge < -0.3 is 9.09 Å². The van der Waals surface area contributed by atoms with Crippen LogP contribution >= 0.6 is 0 Å². The van der Waals surface area contributed by atoms with Crippen LogP contribution in [0.4, 0.5) is 22.0 Å². The van der Waals surface area contributed by atoms with Crippen LogP contribution in [0.25, 0.3) is 34.0 Å². The number of fused-ring (bicyclic) bond motifs is 1. The van der Waals surface area contributed by atoms with Crippen LogP contribution in [0.1, 0.15) is 11.3 Å². The van der Waals surface area contributed by atoms with Crippen molar-refractivity contribution in [2.24, 2.45) is 0 Å². The van der Waals surface area contributed by atoms with Crippen LogP contribution in [-0.2, 0) is 12.7 Å². The molecule has 0 fully saturated rings. The van der Waals surface area contributed by atoms with Gasteiger partial charge in [-0.25, -0.2) is 18.7 Å². The maximum Gasteiger partial charge on any atom is 0.417 e. The van der Waals surface area contributed by atoms with Crippen molar-refractivity contribution in [1.29, 1.82) is 0 Å². The molecule has 3 heterocycles. The fraction of sp³-hybridized carbons (Fsp3) is 0.0870. The molecule has 2 aliphatic heterocycles.